The SMILES string of the molecule is Cc1ccc(Nc2cc(NCC(C)C)c3noc4c3c2C(=O)c2ccccc2-4)cc1. The molecule has 0 bridgehead atoms. The van der Waals surface area contributed by atoms with E-state index < -0.39 is 0 Å². The van der Waals surface area contributed by atoms with Crippen LogP contribution in [0.3, 0.4) is 0 Å². The first-order valence-electron chi connectivity index (χ1n) is 10.2. The minimum Gasteiger partial charge on any atom is -0.383 e. The highest BCUT2D eigenvalue weighted by molar-refractivity contribution is 6.28. The van der Waals surface area contributed by atoms with Crippen molar-refractivity contribution in [1.82, 2.24) is 5.16 Å². The van der Waals surface area contributed by atoms with Gasteiger partial charge in [-0.2, -0.15) is 0 Å². The van der Waals surface area contributed by atoms with E-state index in [1.54, 1.807) is 0 Å². The number of anilines is 3. The van der Waals surface area contributed by atoms with E-state index in [0.717, 1.165) is 34.6 Å². The van der Waals surface area contributed by atoms with E-state index in [1.807, 2.05) is 54.6 Å². The molecule has 0 spiro atoms. The van der Waals surface area contributed by atoms with Gasteiger partial charge < -0.3 is 15.2 Å². The molecule has 0 amide bonds. The van der Waals surface area contributed by atoms with Crippen molar-refractivity contribution in [2.45, 2.75) is 20.8 Å². The van der Waals surface area contributed by atoms with Gasteiger partial charge in [0.05, 0.1) is 22.3 Å². The van der Waals surface area contributed by atoms with E-state index in [0.29, 0.717) is 28.3 Å². The van der Waals surface area contributed by atoms with Gasteiger partial charge in [-0.15, -0.1) is 0 Å². The molecule has 1 aliphatic carbocycles. The highest BCUT2D eigenvalue weighted by Gasteiger charge is 2.32. The molecule has 1 aromatic heterocycles. The lowest BCUT2D eigenvalue weighted by Gasteiger charge is -2.20. The van der Waals surface area contributed by atoms with Crippen molar-refractivity contribution in [1.29, 1.82) is 0 Å². The molecule has 1 aliphatic rings. The first-order chi connectivity index (χ1) is 14.5. The molecular formula is C25H23N3O2. The normalized spacial score (nSPS) is 12.3. The van der Waals surface area contributed by atoms with Gasteiger partial charge in [-0.05, 0) is 31.0 Å². The number of aryl methyl sites for hydroxylation is 1. The zero-order valence-electron chi connectivity index (χ0n) is 17.2. The molecule has 0 fully saturated rings. The fraction of sp³-hybridized carbons (Fsp3) is 0.200. The lowest BCUT2D eigenvalue weighted by Crippen LogP contribution is -2.13. The Hall–Kier alpha value is -3.60. The van der Waals surface area contributed by atoms with Crippen molar-refractivity contribution in [2.75, 3.05) is 17.2 Å². The molecule has 0 saturated carbocycles. The van der Waals surface area contributed by atoms with Crippen LogP contribution in [0.1, 0.15) is 35.3 Å². The van der Waals surface area contributed by atoms with E-state index in [2.05, 4.69) is 36.6 Å². The summed E-state index contributed by atoms with van der Waals surface area (Å²) in [5, 5.41) is 12.0. The van der Waals surface area contributed by atoms with Crippen molar-refractivity contribution < 1.29 is 9.32 Å². The topological polar surface area (TPSA) is 67.2 Å². The van der Waals surface area contributed by atoms with Gasteiger partial charge in [-0.3, -0.25) is 4.79 Å². The summed E-state index contributed by atoms with van der Waals surface area (Å²) in [6, 6.07) is 17.6. The zero-order valence-corrected chi connectivity index (χ0v) is 17.2. The smallest absolute Gasteiger partial charge is 0.196 e. The quantitative estimate of drug-likeness (QED) is 0.372. The number of benzene rings is 3. The highest BCUT2D eigenvalue weighted by atomic mass is 16.5. The van der Waals surface area contributed by atoms with Gasteiger partial charge in [0, 0.05) is 23.4 Å². The maximum absolute atomic E-state index is 13.5. The Morgan fingerprint density at radius 1 is 1.00 bits per heavy atom. The predicted molar refractivity (Wildman–Crippen MR) is 121 cm³/mol. The van der Waals surface area contributed by atoms with Crippen molar-refractivity contribution in [3.05, 3.63) is 71.3 Å². The van der Waals surface area contributed by atoms with Crippen LogP contribution in [0.5, 0.6) is 0 Å². The number of ketones is 1. The monoisotopic (exact) mass is 397 g/mol. The third kappa shape index (κ3) is 2.94. The minimum atomic E-state index is -0.0173. The number of nitrogens with zero attached hydrogens (tertiary/aromatic N) is 1. The Balaban J connectivity index is 1.74. The van der Waals surface area contributed by atoms with Crippen LogP contribution in [0.2, 0.25) is 0 Å². The van der Waals surface area contributed by atoms with Crippen LogP contribution in [0, 0.1) is 12.8 Å². The molecule has 150 valence electrons. The molecule has 3 aromatic carbocycles. The average molecular weight is 397 g/mol. The van der Waals surface area contributed by atoms with E-state index >= 15 is 0 Å². The van der Waals surface area contributed by atoms with Crippen LogP contribution < -0.4 is 10.6 Å². The van der Waals surface area contributed by atoms with Gasteiger partial charge >= 0.3 is 0 Å². The summed E-state index contributed by atoms with van der Waals surface area (Å²) in [7, 11) is 0. The van der Waals surface area contributed by atoms with E-state index in [1.165, 1.54) is 5.56 Å². The second-order valence-electron chi connectivity index (χ2n) is 8.22. The second kappa shape index (κ2) is 7.02. The first kappa shape index (κ1) is 18.4. The molecule has 0 saturated heterocycles. The van der Waals surface area contributed by atoms with Crippen LogP contribution >= 0.6 is 0 Å². The minimum absolute atomic E-state index is 0.0173. The van der Waals surface area contributed by atoms with Crippen molar-refractivity contribution in [3.63, 3.8) is 0 Å². The summed E-state index contributed by atoms with van der Waals surface area (Å²) in [5.74, 6) is 1.10. The largest absolute Gasteiger partial charge is 0.383 e. The zero-order chi connectivity index (χ0) is 20.8. The average Bonchev–Trinajstić information content (AvgIpc) is 3.18. The summed E-state index contributed by atoms with van der Waals surface area (Å²) in [4.78, 5) is 13.5. The third-order valence-corrected chi connectivity index (χ3v) is 5.43. The third-order valence-electron chi connectivity index (χ3n) is 5.43. The number of carbonyl (C=O) groups is 1. The van der Waals surface area contributed by atoms with Crippen LogP contribution in [0.15, 0.2) is 59.1 Å². The summed E-state index contributed by atoms with van der Waals surface area (Å²) < 4.78 is 5.77. The molecule has 2 N–H and O–H groups in total. The van der Waals surface area contributed by atoms with Crippen LogP contribution in [0.4, 0.5) is 17.1 Å². The molecule has 30 heavy (non-hydrogen) atoms. The Morgan fingerprint density at radius 2 is 1.73 bits per heavy atom. The van der Waals surface area contributed by atoms with E-state index in [-0.39, 0.29) is 5.78 Å². The van der Waals surface area contributed by atoms with Crippen LogP contribution in [0.25, 0.3) is 22.2 Å². The van der Waals surface area contributed by atoms with E-state index in [4.69, 9.17) is 4.52 Å². The summed E-state index contributed by atoms with van der Waals surface area (Å²) in [6.07, 6.45) is 0. The molecule has 0 radical (unpaired) electrons. The lowest BCUT2D eigenvalue weighted by molar-refractivity contribution is 0.104. The maximum atomic E-state index is 13.5. The van der Waals surface area contributed by atoms with Crippen molar-refractivity contribution in [3.8, 4) is 11.3 Å². The number of fused-ring (bicyclic) bond motifs is 2. The molecule has 5 nitrogen and oxygen atoms in total. The molecular weight excluding hydrogens is 374 g/mol. The number of carbonyl (C=O) groups excluding carboxylic acids is 1. The van der Waals surface area contributed by atoms with E-state index in [9.17, 15) is 4.79 Å². The molecule has 5 rings (SSSR count). The van der Waals surface area contributed by atoms with Crippen molar-refractivity contribution in [2.24, 2.45) is 5.92 Å². The van der Waals surface area contributed by atoms with Gasteiger partial charge in [-0.1, -0.05) is 61.0 Å². The van der Waals surface area contributed by atoms with Gasteiger partial charge in [0.15, 0.2) is 11.5 Å². The number of rotatable bonds is 5. The standard InChI is InChI=1S/C25H23N3O2/c1-14(2)13-26-20-12-19(27-16-10-8-15(3)9-11-16)21-22-23(20)28-30-25(22)18-7-5-4-6-17(18)24(21)29/h4-12,14,26-27H,13H2,1-3H3. The Bertz CT molecular complexity index is 1270. The molecule has 0 unspecified atom stereocenters. The summed E-state index contributed by atoms with van der Waals surface area (Å²) in [5.41, 5.74) is 6.45. The van der Waals surface area contributed by atoms with Crippen LogP contribution in [-0.2, 0) is 0 Å². The van der Waals surface area contributed by atoms with Gasteiger partial charge in [0.2, 0.25) is 0 Å². The predicted octanol–water partition coefficient (Wildman–Crippen LogP) is 6.16. The number of hydrogen-bond donors (Lipinski definition) is 2. The van der Waals surface area contributed by atoms with Gasteiger partial charge in [0.25, 0.3) is 0 Å². The summed E-state index contributed by atoms with van der Waals surface area (Å²) >= 11 is 0. The Kier molecular flexibility index (Phi) is 4.31. The fourth-order valence-electron chi connectivity index (χ4n) is 3.90. The lowest BCUT2D eigenvalue weighted by atomic mass is 9.86. The molecule has 0 aliphatic heterocycles. The van der Waals surface area contributed by atoms with Crippen molar-refractivity contribution >= 4 is 33.7 Å². The Morgan fingerprint density at radius 3 is 2.47 bits per heavy atom. The molecule has 0 atom stereocenters. The van der Waals surface area contributed by atoms with Gasteiger partial charge in [0.1, 0.15) is 5.52 Å². The molecule has 1 heterocycles. The summed E-state index contributed by atoms with van der Waals surface area (Å²) in [6.45, 7) is 7.16. The molecule has 5 heteroatoms. The number of hydrogen-bond acceptors (Lipinski definition) is 5. The Labute approximate surface area is 175 Å². The first-order valence-corrected chi connectivity index (χ1v) is 10.2. The van der Waals surface area contributed by atoms with Gasteiger partial charge in [-0.25, -0.2) is 0 Å². The fourth-order valence-corrected chi connectivity index (χ4v) is 3.90. The molecule has 4 aromatic rings. The highest BCUT2D eigenvalue weighted by Crippen LogP contribution is 2.45. The number of nitrogens with one attached hydrogen (secondary N) is 2. The maximum Gasteiger partial charge on any atom is 0.196 e. The van der Waals surface area contributed by atoms with Crippen LogP contribution in [-0.4, -0.2) is 17.5 Å². The number of aromatic nitrogens is 1. The second-order valence-corrected chi connectivity index (χ2v) is 8.22.